The molecule has 1 unspecified atom stereocenters. The molecule has 0 spiro atoms. The molecule has 29 heavy (non-hydrogen) atoms. The van der Waals surface area contributed by atoms with Crippen LogP contribution in [-0.4, -0.2) is 25.8 Å². The molecule has 2 aliphatic heterocycles. The molecular weight excluding hydrogens is 364 g/mol. The van der Waals surface area contributed by atoms with Gasteiger partial charge in [-0.25, -0.2) is 0 Å². The van der Waals surface area contributed by atoms with Gasteiger partial charge in [-0.3, -0.25) is 4.79 Å². The van der Waals surface area contributed by atoms with Gasteiger partial charge in [0.2, 0.25) is 12.7 Å². The minimum absolute atomic E-state index is 0.00492. The number of aryl methyl sites for hydroxylation is 1. The number of ether oxygens (including phenoxy) is 2. The van der Waals surface area contributed by atoms with Gasteiger partial charge in [-0.2, -0.15) is 0 Å². The molecule has 1 amide bonds. The Morgan fingerprint density at radius 1 is 1.10 bits per heavy atom. The lowest BCUT2D eigenvalue weighted by atomic mass is 9.98. The van der Waals surface area contributed by atoms with Crippen molar-refractivity contribution in [2.24, 2.45) is 5.92 Å². The van der Waals surface area contributed by atoms with Gasteiger partial charge in [-0.15, -0.1) is 0 Å². The number of hydrogen-bond acceptors (Lipinski definition) is 4. The lowest BCUT2D eigenvalue weighted by Gasteiger charge is -2.32. The zero-order valence-corrected chi connectivity index (χ0v) is 17.3. The highest BCUT2D eigenvalue weighted by molar-refractivity contribution is 5.76. The zero-order valence-electron chi connectivity index (χ0n) is 17.3. The molecule has 5 nitrogen and oxygen atoms in total. The first kappa shape index (κ1) is 19.6. The van der Waals surface area contributed by atoms with E-state index in [0.717, 1.165) is 41.6 Å². The minimum Gasteiger partial charge on any atom is -0.454 e. The van der Waals surface area contributed by atoms with Crippen LogP contribution in [0.4, 0.5) is 5.69 Å². The number of benzene rings is 2. The highest BCUT2D eigenvalue weighted by Crippen LogP contribution is 2.32. The Hall–Kier alpha value is -2.69. The molecule has 0 aromatic heterocycles. The van der Waals surface area contributed by atoms with E-state index < -0.39 is 0 Å². The van der Waals surface area contributed by atoms with Gasteiger partial charge in [0.25, 0.3) is 0 Å². The maximum absolute atomic E-state index is 12.4. The smallest absolute Gasteiger partial charge is 0.231 e. The van der Waals surface area contributed by atoms with Gasteiger partial charge in [-0.1, -0.05) is 25.1 Å². The van der Waals surface area contributed by atoms with Gasteiger partial charge < -0.3 is 19.7 Å². The predicted octanol–water partition coefficient (Wildman–Crippen LogP) is 4.46. The van der Waals surface area contributed by atoms with Gasteiger partial charge >= 0.3 is 0 Å². The Morgan fingerprint density at radius 3 is 2.59 bits per heavy atom. The van der Waals surface area contributed by atoms with E-state index in [2.05, 4.69) is 41.4 Å². The van der Waals surface area contributed by atoms with E-state index in [1.807, 2.05) is 25.1 Å². The maximum Gasteiger partial charge on any atom is 0.231 e. The average molecular weight is 395 g/mol. The van der Waals surface area contributed by atoms with E-state index in [4.69, 9.17) is 9.47 Å². The Kier molecular flexibility index (Phi) is 5.93. The normalized spacial score (nSPS) is 17.2. The molecule has 154 valence electrons. The molecule has 2 aliphatic rings. The van der Waals surface area contributed by atoms with Gasteiger partial charge in [0.15, 0.2) is 11.5 Å². The van der Waals surface area contributed by atoms with Crippen molar-refractivity contribution in [1.82, 2.24) is 5.32 Å². The summed E-state index contributed by atoms with van der Waals surface area (Å²) in [6.07, 6.45) is 3.66. The van der Waals surface area contributed by atoms with E-state index in [-0.39, 0.29) is 18.7 Å². The Morgan fingerprint density at radius 2 is 1.83 bits per heavy atom. The molecule has 0 radical (unpaired) electrons. The molecule has 5 heteroatoms. The number of piperidine rings is 1. The summed E-state index contributed by atoms with van der Waals surface area (Å²) in [6.45, 7) is 6.90. The first-order valence-electron chi connectivity index (χ1n) is 10.6. The molecule has 1 N–H and O–H groups in total. The predicted molar refractivity (Wildman–Crippen MR) is 114 cm³/mol. The van der Waals surface area contributed by atoms with E-state index in [1.165, 1.54) is 18.5 Å². The number of nitrogens with zero attached hydrogens (tertiary/aromatic N) is 1. The van der Waals surface area contributed by atoms with Gasteiger partial charge in [-0.05, 0) is 67.5 Å². The third-order valence-electron chi connectivity index (χ3n) is 6.00. The monoisotopic (exact) mass is 394 g/mol. The standard InChI is InChI=1S/C24H30N2O3/c1-17-11-13-26(14-12-17)21-7-5-20(6-8-21)18(2)25-24(27)10-4-19-3-9-22-23(15-19)29-16-28-22/h3,5-9,15,17-18H,4,10-14,16H2,1-2H3,(H,25,27). The molecule has 1 atom stereocenters. The van der Waals surface area contributed by atoms with Crippen molar-refractivity contribution in [1.29, 1.82) is 0 Å². The van der Waals surface area contributed by atoms with E-state index >= 15 is 0 Å². The summed E-state index contributed by atoms with van der Waals surface area (Å²) in [6, 6.07) is 14.5. The lowest BCUT2D eigenvalue weighted by molar-refractivity contribution is -0.121. The van der Waals surface area contributed by atoms with Crippen LogP contribution in [0.1, 0.15) is 50.3 Å². The Bertz CT molecular complexity index is 842. The SMILES string of the molecule is CC1CCN(c2ccc(C(C)NC(=O)CCc3ccc4c(c3)OCO4)cc2)CC1. The molecule has 0 aliphatic carbocycles. The minimum atomic E-state index is -0.00492. The maximum atomic E-state index is 12.4. The first-order chi connectivity index (χ1) is 14.1. The van der Waals surface area contributed by atoms with Crippen LogP contribution in [0.5, 0.6) is 11.5 Å². The number of amides is 1. The van der Waals surface area contributed by atoms with Crippen molar-refractivity contribution in [3.63, 3.8) is 0 Å². The topological polar surface area (TPSA) is 50.8 Å². The molecule has 2 heterocycles. The van der Waals surface area contributed by atoms with Crippen LogP contribution in [0, 0.1) is 5.92 Å². The molecular formula is C24H30N2O3. The average Bonchev–Trinajstić information content (AvgIpc) is 3.21. The van der Waals surface area contributed by atoms with Gasteiger partial charge in [0, 0.05) is 25.2 Å². The number of hydrogen-bond donors (Lipinski definition) is 1. The summed E-state index contributed by atoms with van der Waals surface area (Å²) >= 11 is 0. The van der Waals surface area contributed by atoms with Crippen LogP contribution < -0.4 is 19.7 Å². The van der Waals surface area contributed by atoms with Crippen molar-refractivity contribution >= 4 is 11.6 Å². The summed E-state index contributed by atoms with van der Waals surface area (Å²) in [4.78, 5) is 14.9. The third kappa shape index (κ3) is 4.84. The molecule has 0 saturated carbocycles. The van der Waals surface area contributed by atoms with Crippen molar-refractivity contribution < 1.29 is 14.3 Å². The second-order valence-corrected chi connectivity index (χ2v) is 8.24. The largest absolute Gasteiger partial charge is 0.454 e. The van der Waals surface area contributed by atoms with E-state index in [0.29, 0.717) is 12.8 Å². The van der Waals surface area contributed by atoms with Crippen LogP contribution >= 0.6 is 0 Å². The highest BCUT2D eigenvalue weighted by Gasteiger charge is 2.17. The lowest BCUT2D eigenvalue weighted by Crippen LogP contribution is -2.32. The zero-order chi connectivity index (χ0) is 20.2. The number of carbonyl (C=O) groups excluding carboxylic acids is 1. The molecule has 2 aromatic rings. The number of nitrogens with one attached hydrogen (secondary N) is 1. The summed E-state index contributed by atoms with van der Waals surface area (Å²) in [5.74, 6) is 2.43. The summed E-state index contributed by atoms with van der Waals surface area (Å²) in [7, 11) is 0. The van der Waals surface area contributed by atoms with Crippen molar-refractivity contribution in [3.05, 3.63) is 53.6 Å². The Balaban J connectivity index is 1.27. The second-order valence-electron chi connectivity index (χ2n) is 8.24. The van der Waals surface area contributed by atoms with Crippen molar-refractivity contribution in [2.45, 2.75) is 45.6 Å². The third-order valence-corrected chi connectivity index (χ3v) is 6.00. The fourth-order valence-corrected chi connectivity index (χ4v) is 3.99. The molecule has 2 aromatic carbocycles. The van der Waals surface area contributed by atoms with Crippen LogP contribution in [0.15, 0.2) is 42.5 Å². The summed E-state index contributed by atoms with van der Waals surface area (Å²) in [5.41, 5.74) is 3.50. The fraction of sp³-hybridized carbons (Fsp3) is 0.458. The highest BCUT2D eigenvalue weighted by atomic mass is 16.7. The second kappa shape index (κ2) is 8.76. The fourth-order valence-electron chi connectivity index (χ4n) is 3.99. The summed E-state index contributed by atoms with van der Waals surface area (Å²) in [5, 5.41) is 3.12. The quantitative estimate of drug-likeness (QED) is 0.786. The molecule has 1 fully saturated rings. The molecule has 4 rings (SSSR count). The molecule has 0 bridgehead atoms. The van der Waals surface area contributed by atoms with Gasteiger partial charge in [0.05, 0.1) is 6.04 Å². The van der Waals surface area contributed by atoms with Gasteiger partial charge in [0.1, 0.15) is 0 Å². The van der Waals surface area contributed by atoms with Crippen molar-refractivity contribution in [2.75, 3.05) is 24.8 Å². The van der Waals surface area contributed by atoms with E-state index in [1.54, 1.807) is 0 Å². The number of anilines is 1. The number of carbonyl (C=O) groups is 1. The summed E-state index contributed by atoms with van der Waals surface area (Å²) < 4.78 is 10.7. The van der Waals surface area contributed by atoms with Crippen LogP contribution in [0.2, 0.25) is 0 Å². The van der Waals surface area contributed by atoms with E-state index in [9.17, 15) is 4.79 Å². The molecule has 1 saturated heterocycles. The number of rotatable bonds is 6. The first-order valence-corrected chi connectivity index (χ1v) is 10.6. The van der Waals surface area contributed by atoms with Crippen LogP contribution in [-0.2, 0) is 11.2 Å². The Labute approximate surface area is 173 Å². The van der Waals surface area contributed by atoms with Crippen LogP contribution in [0.3, 0.4) is 0 Å². The van der Waals surface area contributed by atoms with Crippen LogP contribution in [0.25, 0.3) is 0 Å². The van der Waals surface area contributed by atoms with Crippen molar-refractivity contribution in [3.8, 4) is 11.5 Å². The number of fused-ring (bicyclic) bond motifs is 1.